The van der Waals surface area contributed by atoms with E-state index in [0.717, 1.165) is 14.4 Å². The summed E-state index contributed by atoms with van der Waals surface area (Å²) >= 11 is 7.51. The molecule has 3 rings (SSSR count). The van der Waals surface area contributed by atoms with Crippen LogP contribution in [0.25, 0.3) is 0 Å². The molecule has 1 aromatic heterocycles. The zero-order chi connectivity index (χ0) is 8.84. The van der Waals surface area contributed by atoms with Gasteiger partial charge >= 0.3 is 0 Å². The quantitative estimate of drug-likeness (QED) is 0.715. The van der Waals surface area contributed by atoms with Gasteiger partial charge in [0.05, 0.1) is 5.69 Å². The van der Waals surface area contributed by atoms with E-state index in [2.05, 4.69) is 32.7 Å². The van der Waals surface area contributed by atoms with Crippen molar-refractivity contribution >= 4 is 39.0 Å². The first-order valence-electron chi connectivity index (χ1n) is 4.63. The zero-order valence-corrected chi connectivity index (χ0v) is 10.3. The summed E-state index contributed by atoms with van der Waals surface area (Å²) in [6, 6.07) is 0. The highest BCUT2D eigenvalue weighted by Crippen LogP contribution is 2.51. The minimum Gasteiger partial charge on any atom is -0.234 e. The summed E-state index contributed by atoms with van der Waals surface area (Å²) in [7, 11) is 0. The molecule has 1 aromatic rings. The molecule has 13 heavy (non-hydrogen) atoms. The summed E-state index contributed by atoms with van der Waals surface area (Å²) in [4.78, 5) is 6.10. The van der Waals surface area contributed by atoms with E-state index in [4.69, 9.17) is 0 Å². The van der Waals surface area contributed by atoms with Gasteiger partial charge in [-0.3, -0.25) is 0 Å². The van der Waals surface area contributed by atoms with Crippen molar-refractivity contribution in [2.75, 3.05) is 0 Å². The third-order valence-corrected chi connectivity index (χ3v) is 6.16. The average molecular weight is 276 g/mol. The summed E-state index contributed by atoms with van der Waals surface area (Å²) in [5, 5.41) is 1.63. The number of rotatable bonds is 0. The lowest BCUT2D eigenvalue weighted by Gasteiger charge is -2.32. The average Bonchev–Trinajstić information content (AvgIpc) is 2.47. The molecule has 0 aliphatic carbocycles. The summed E-state index contributed by atoms with van der Waals surface area (Å²) < 4.78 is 1.07. The Bertz CT molecular complexity index is 336. The van der Waals surface area contributed by atoms with Crippen LogP contribution in [0.15, 0.2) is 3.92 Å². The van der Waals surface area contributed by atoms with Gasteiger partial charge in [-0.2, -0.15) is 0 Å². The first kappa shape index (κ1) is 8.74. The maximum absolute atomic E-state index is 4.56. The second-order valence-corrected chi connectivity index (χ2v) is 7.47. The highest BCUT2D eigenvalue weighted by atomic mass is 79.9. The Morgan fingerprint density at radius 2 is 2.31 bits per heavy atom. The molecular formula is C9H10BrNS2. The van der Waals surface area contributed by atoms with E-state index in [9.17, 15) is 0 Å². The maximum Gasteiger partial charge on any atom is 0.159 e. The van der Waals surface area contributed by atoms with E-state index in [1.807, 2.05) is 11.3 Å². The van der Waals surface area contributed by atoms with Crippen molar-refractivity contribution in [1.29, 1.82) is 0 Å². The Morgan fingerprint density at radius 3 is 3.23 bits per heavy atom. The van der Waals surface area contributed by atoms with E-state index in [0.29, 0.717) is 0 Å². The molecular weight excluding hydrogens is 266 g/mol. The molecule has 1 saturated heterocycles. The molecule has 4 heteroatoms. The fourth-order valence-electron chi connectivity index (χ4n) is 2.19. The summed E-state index contributed by atoms with van der Waals surface area (Å²) in [6.45, 7) is 0. The molecule has 0 amide bonds. The van der Waals surface area contributed by atoms with Crippen LogP contribution in [0.5, 0.6) is 0 Å². The van der Waals surface area contributed by atoms with E-state index in [1.165, 1.54) is 31.4 Å². The Hall–Kier alpha value is 0.460. The van der Waals surface area contributed by atoms with Gasteiger partial charge in [0.2, 0.25) is 0 Å². The molecule has 2 aliphatic rings. The van der Waals surface area contributed by atoms with Crippen LogP contribution in [-0.4, -0.2) is 10.2 Å². The molecule has 0 radical (unpaired) electrons. The van der Waals surface area contributed by atoms with E-state index < -0.39 is 0 Å². The Labute approximate surface area is 94.5 Å². The van der Waals surface area contributed by atoms with Crippen molar-refractivity contribution in [3.8, 4) is 0 Å². The van der Waals surface area contributed by atoms with Crippen LogP contribution in [0.2, 0.25) is 0 Å². The number of thiazole rings is 1. The highest BCUT2D eigenvalue weighted by molar-refractivity contribution is 9.11. The van der Waals surface area contributed by atoms with Crippen molar-refractivity contribution < 1.29 is 0 Å². The van der Waals surface area contributed by atoms with Crippen LogP contribution in [0, 0.1) is 0 Å². The number of fused-ring (bicyclic) bond motifs is 4. The van der Waals surface area contributed by atoms with Gasteiger partial charge in [0, 0.05) is 21.8 Å². The Balaban J connectivity index is 2.05. The predicted molar refractivity (Wildman–Crippen MR) is 61.5 cm³/mol. The topological polar surface area (TPSA) is 12.9 Å². The summed E-state index contributed by atoms with van der Waals surface area (Å²) in [6.07, 6.45) is 5.38. The molecule has 1 fully saturated rings. The number of hydrogen-bond acceptors (Lipinski definition) is 3. The Kier molecular flexibility index (Phi) is 2.18. The predicted octanol–water partition coefficient (Wildman–Crippen LogP) is 3.79. The molecule has 0 saturated carbocycles. The third-order valence-electron chi connectivity index (χ3n) is 2.76. The van der Waals surface area contributed by atoms with Gasteiger partial charge in [0.25, 0.3) is 0 Å². The van der Waals surface area contributed by atoms with E-state index in [1.54, 1.807) is 4.88 Å². The molecule has 2 bridgehead atoms. The molecule has 2 aliphatic heterocycles. The number of halogens is 1. The SMILES string of the molecule is Brc1nc2c(s1)C1CCCC(C2)S1. The number of nitrogens with zero attached hydrogens (tertiary/aromatic N) is 1. The maximum atomic E-state index is 4.56. The molecule has 0 aromatic carbocycles. The lowest BCUT2D eigenvalue weighted by atomic mass is 10.0. The van der Waals surface area contributed by atoms with Gasteiger partial charge in [-0.25, -0.2) is 4.98 Å². The van der Waals surface area contributed by atoms with Crippen LogP contribution in [0.4, 0.5) is 0 Å². The van der Waals surface area contributed by atoms with Crippen molar-refractivity contribution in [2.24, 2.45) is 0 Å². The van der Waals surface area contributed by atoms with Crippen LogP contribution in [-0.2, 0) is 6.42 Å². The second kappa shape index (κ2) is 3.24. The normalized spacial score (nSPS) is 31.5. The summed E-state index contributed by atoms with van der Waals surface area (Å²) in [5.41, 5.74) is 1.38. The molecule has 2 atom stereocenters. The van der Waals surface area contributed by atoms with Crippen LogP contribution >= 0.6 is 39.0 Å². The lowest BCUT2D eigenvalue weighted by molar-refractivity contribution is 0.587. The monoisotopic (exact) mass is 275 g/mol. The van der Waals surface area contributed by atoms with Gasteiger partial charge < -0.3 is 0 Å². The largest absolute Gasteiger partial charge is 0.234 e. The van der Waals surface area contributed by atoms with Gasteiger partial charge in [0.15, 0.2) is 3.92 Å². The van der Waals surface area contributed by atoms with Gasteiger partial charge in [-0.05, 0) is 28.8 Å². The van der Waals surface area contributed by atoms with Gasteiger partial charge in [-0.15, -0.1) is 23.1 Å². The fourth-order valence-corrected chi connectivity index (χ4v) is 5.65. The first-order valence-corrected chi connectivity index (χ1v) is 7.19. The summed E-state index contributed by atoms with van der Waals surface area (Å²) in [5.74, 6) is 0. The third kappa shape index (κ3) is 1.47. The number of hydrogen-bond donors (Lipinski definition) is 0. The molecule has 2 unspecified atom stereocenters. The standard InChI is InChI=1S/C9H10BrNS2/c10-9-11-6-4-5-2-1-3-7(12-5)8(6)13-9/h5,7H,1-4H2. The van der Waals surface area contributed by atoms with Crippen molar-refractivity contribution in [3.05, 3.63) is 14.5 Å². The van der Waals surface area contributed by atoms with Crippen molar-refractivity contribution in [1.82, 2.24) is 4.98 Å². The van der Waals surface area contributed by atoms with Crippen LogP contribution in [0.3, 0.4) is 0 Å². The fraction of sp³-hybridized carbons (Fsp3) is 0.667. The van der Waals surface area contributed by atoms with Gasteiger partial charge in [0.1, 0.15) is 0 Å². The minimum absolute atomic E-state index is 0.770. The number of aromatic nitrogens is 1. The van der Waals surface area contributed by atoms with E-state index in [-0.39, 0.29) is 0 Å². The second-order valence-electron chi connectivity index (χ2n) is 3.66. The highest BCUT2D eigenvalue weighted by Gasteiger charge is 2.33. The van der Waals surface area contributed by atoms with Gasteiger partial charge in [-0.1, -0.05) is 6.42 Å². The molecule has 1 nitrogen and oxygen atoms in total. The Morgan fingerprint density at radius 1 is 1.38 bits per heavy atom. The van der Waals surface area contributed by atoms with Crippen LogP contribution in [0.1, 0.15) is 35.1 Å². The van der Waals surface area contributed by atoms with Crippen molar-refractivity contribution in [2.45, 2.75) is 36.2 Å². The molecule has 3 heterocycles. The van der Waals surface area contributed by atoms with E-state index >= 15 is 0 Å². The zero-order valence-electron chi connectivity index (χ0n) is 7.12. The first-order chi connectivity index (χ1) is 6.33. The number of thioether (sulfide) groups is 1. The smallest absolute Gasteiger partial charge is 0.159 e. The lowest BCUT2D eigenvalue weighted by Crippen LogP contribution is -2.21. The molecule has 0 spiro atoms. The molecule has 0 N–H and O–H groups in total. The minimum atomic E-state index is 0.770. The van der Waals surface area contributed by atoms with Crippen LogP contribution < -0.4 is 0 Å². The molecule has 70 valence electrons. The van der Waals surface area contributed by atoms with Crippen molar-refractivity contribution in [3.63, 3.8) is 0 Å².